The van der Waals surface area contributed by atoms with Gasteiger partial charge in [0.05, 0.1) is 11.3 Å². The zero-order valence-corrected chi connectivity index (χ0v) is 10.5. The van der Waals surface area contributed by atoms with Gasteiger partial charge in [0.25, 0.3) is 0 Å². The molecule has 88 valence electrons. The molecule has 0 atom stereocenters. The van der Waals surface area contributed by atoms with E-state index in [2.05, 4.69) is 24.0 Å². The van der Waals surface area contributed by atoms with E-state index in [-0.39, 0.29) is 11.9 Å². The third-order valence-electron chi connectivity index (χ3n) is 2.81. The van der Waals surface area contributed by atoms with Gasteiger partial charge in [-0.2, -0.15) is 5.10 Å². The van der Waals surface area contributed by atoms with Crippen molar-refractivity contribution in [3.05, 3.63) is 16.8 Å². The summed E-state index contributed by atoms with van der Waals surface area (Å²) in [6, 6.07) is 0.287. The van der Waals surface area contributed by atoms with Gasteiger partial charge in [0, 0.05) is 13.1 Å². The monoisotopic (exact) mass is 221 g/mol. The first kappa shape index (κ1) is 12.4. The van der Waals surface area contributed by atoms with Gasteiger partial charge in [-0.25, -0.2) is 0 Å². The standard InChI is InChI=1S/C11H19N5/c1-6(2)16(5)11-9(10(12)13)7(3)8(4)14-15-11/h6H,1-5H3,(H3,12,13). The Morgan fingerprint density at radius 2 is 1.88 bits per heavy atom. The van der Waals surface area contributed by atoms with Crippen molar-refractivity contribution < 1.29 is 0 Å². The Morgan fingerprint density at radius 3 is 2.31 bits per heavy atom. The molecule has 0 aliphatic heterocycles. The smallest absolute Gasteiger partial charge is 0.162 e. The van der Waals surface area contributed by atoms with Crippen molar-refractivity contribution in [1.29, 1.82) is 5.41 Å². The predicted octanol–water partition coefficient (Wildman–Crippen LogP) is 1.22. The lowest BCUT2D eigenvalue weighted by molar-refractivity contribution is 0.729. The van der Waals surface area contributed by atoms with E-state index in [0.717, 1.165) is 11.3 Å². The highest BCUT2D eigenvalue weighted by Gasteiger charge is 2.18. The summed E-state index contributed by atoms with van der Waals surface area (Å²) in [5, 5.41) is 15.8. The number of hydrogen-bond donors (Lipinski definition) is 2. The minimum atomic E-state index is 0.0398. The summed E-state index contributed by atoms with van der Waals surface area (Å²) in [6.07, 6.45) is 0. The molecule has 0 spiro atoms. The highest BCUT2D eigenvalue weighted by Crippen LogP contribution is 2.21. The van der Waals surface area contributed by atoms with Gasteiger partial charge in [-0.15, -0.1) is 5.10 Å². The van der Waals surface area contributed by atoms with Crippen LogP contribution in [0.1, 0.15) is 30.7 Å². The fourth-order valence-electron chi connectivity index (χ4n) is 1.41. The Kier molecular flexibility index (Phi) is 3.47. The number of rotatable bonds is 3. The minimum absolute atomic E-state index is 0.0398. The Labute approximate surface area is 96.2 Å². The van der Waals surface area contributed by atoms with Crippen LogP contribution < -0.4 is 10.6 Å². The molecule has 0 fully saturated rings. The van der Waals surface area contributed by atoms with Crippen LogP contribution in [-0.4, -0.2) is 29.1 Å². The van der Waals surface area contributed by atoms with Crippen LogP contribution in [0.3, 0.4) is 0 Å². The van der Waals surface area contributed by atoms with Crippen LogP contribution in [0.5, 0.6) is 0 Å². The van der Waals surface area contributed by atoms with Crippen LogP contribution in [0, 0.1) is 19.3 Å². The molecule has 0 saturated carbocycles. The van der Waals surface area contributed by atoms with Crippen molar-refractivity contribution in [2.45, 2.75) is 33.7 Å². The second-order valence-corrected chi connectivity index (χ2v) is 4.23. The Morgan fingerprint density at radius 1 is 1.31 bits per heavy atom. The second kappa shape index (κ2) is 4.47. The molecule has 1 heterocycles. The highest BCUT2D eigenvalue weighted by molar-refractivity contribution is 6.01. The maximum atomic E-state index is 7.63. The molecule has 1 aromatic heterocycles. The van der Waals surface area contributed by atoms with E-state index in [1.807, 2.05) is 25.8 Å². The van der Waals surface area contributed by atoms with Crippen molar-refractivity contribution in [2.24, 2.45) is 5.73 Å². The normalized spacial score (nSPS) is 10.6. The minimum Gasteiger partial charge on any atom is -0.384 e. The Hall–Kier alpha value is -1.65. The van der Waals surface area contributed by atoms with E-state index in [9.17, 15) is 0 Å². The zero-order chi connectivity index (χ0) is 12.5. The SMILES string of the molecule is Cc1nnc(N(C)C(C)C)c(C(=N)N)c1C. The first-order valence-corrected chi connectivity index (χ1v) is 5.27. The summed E-state index contributed by atoms with van der Waals surface area (Å²) >= 11 is 0. The van der Waals surface area contributed by atoms with Crippen LogP contribution in [0.4, 0.5) is 5.82 Å². The van der Waals surface area contributed by atoms with E-state index in [1.165, 1.54) is 0 Å². The van der Waals surface area contributed by atoms with E-state index >= 15 is 0 Å². The maximum Gasteiger partial charge on any atom is 0.162 e. The Bertz CT molecular complexity index is 411. The number of amidine groups is 1. The van der Waals surface area contributed by atoms with Gasteiger partial charge in [-0.05, 0) is 33.3 Å². The molecule has 0 aromatic carbocycles. The molecule has 5 heteroatoms. The lowest BCUT2D eigenvalue weighted by atomic mass is 10.1. The lowest BCUT2D eigenvalue weighted by Crippen LogP contribution is -2.30. The molecular formula is C11H19N5. The Balaban J connectivity index is 3.40. The summed E-state index contributed by atoms with van der Waals surface area (Å²) in [6.45, 7) is 7.90. The van der Waals surface area contributed by atoms with E-state index in [0.29, 0.717) is 11.4 Å². The van der Waals surface area contributed by atoms with Crippen LogP contribution in [-0.2, 0) is 0 Å². The first-order valence-electron chi connectivity index (χ1n) is 5.27. The van der Waals surface area contributed by atoms with Crippen molar-refractivity contribution >= 4 is 11.7 Å². The number of nitrogens with two attached hydrogens (primary N) is 1. The molecule has 1 rings (SSSR count). The third kappa shape index (κ3) is 2.13. The van der Waals surface area contributed by atoms with E-state index in [4.69, 9.17) is 11.1 Å². The van der Waals surface area contributed by atoms with Crippen LogP contribution >= 0.6 is 0 Å². The van der Waals surface area contributed by atoms with E-state index < -0.39 is 0 Å². The number of anilines is 1. The third-order valence-corrected chi connectivity index (χ3v) is 2.81. The lowest BCUT2D eigenvalue weighted by Gasteiger charge is -2.25. The van der Waals surface area contributed by atoms with Gasteiger partial charge in [-0.3, -0.25) is 5.41 Å². The van der Waals surface area contributed by atoms with Crippen LogP contribution in [0.25, 0.3) is 0 Å². The van der Waals surface area contributed by atoms with Crippen molar-refractivity contribution in [3.63, 3.8) is 0 Å². The molecular weight excluding hydrogens is 202 g/mol. The van der Waals surface area contributed by atoms with Crippen molar-refractivity contribution in [3.8, 4) is 0 Å². The van der Waals surface area contributed by atoms with Gasteiger partial charge in [0.15, 0.2) is 5.82 Å². The second-order valence-electron chi connectivity index (χ2n) is 4.23. The summed E-state index contributed by atoms with van der Waals surface area (Å²) in [5.74, 6) is 0.712. The maximum absolute atomic E-state index is 7.63. The molecule has 5 nitrogen and oxygen atoms in total. The van der Waals surface area contributed by atoms with Gasteiger partial charge in [0.2, 0.25) is 0 Å². The molecule has 0 radical (unpaired) electrons. The molecule has 0 amide bonds. The molecule has 0 saturated heterocycles. The number of nitrogen functional groups attached to an aromatic ring is 1. The molecule has 3 N–H and O–H groups in total. The highest BCUT2D eigenvalue weighted by atomic mass is 15.3. The van der Waals surface area contributed by atoms with Crippen LogP contribution in [0.15, 0.2) is 0 Å². The number of nitrogens with one attached hydrogen (secondary N) is 1. The quantitative estimate of drug-likeness (QED) is 0.594. The average molecular weight is 221 g/mol. The topological polar surface area (TPSA) is 78.9 Å². The number of aromatic nitrogens is 2. The summed E-state index contributed by atoms with van der Waals surface area (Å²) in [7, 11) is 1.93. The fraction of sp³-hybridized carbons (Fsp3) is 0.545. The molecule has 0 bridgehead atoms. The number of aryl methyl sites for hydroxylation is 1. The van der Waals surface area contributed by atoms with Gasteiger partial charge >= 0.3 is 0 Å². The van der Waals surface area contributed by atoms with Gasteiger partial charge in [-0.1, -0.05) is 0 Å². The van der Waals surface area contributed by atoms with Crippen molar-refractivity contribution in [1.82, 2.24) is 10.2 Å². The summed E-state index contributed by atoms with van der Waals surface area (Å²) in [4.78, 5) is 1.97. The van der Waals surface area contributed by atoms with Gasteiger partial charge in [0.1, 0.15) is 5.84 Å². The fourth-order valence-corrected chi connectivity index (χ4v) is 1.41. The molecule has 0 unspecified atom stereocenters. The first-order chi connectivity index (χ1) is 7.36. The predicted molar refractivity (Wildman–Crippen MR) is 66.1 cm³/mol. The summed E-state index contributed by atoms with van der Waals surface area (Å²) < 4.78 is 0. The zero-order valence-electron chi connectivity index (χ0n) is 10.5. The number of nitrogens with zero attached hydrogens (tertiary/aromatic N) is 3. The molecule has 0 aliphatic rings. The van der Waals surface area contributed by atoms with Crippen molar-refractivity contribution in [2.75, 3.05) is 11.9 Å². The van der Waals surface area contributed by atoms with E-state index in [1.54, 1.807) is 0 Å². The van der Waals surface area contributed by atoms with Crippen LogP contribution in [0.2, 0.25) is 0 Å². The molecule has 1 aromatic rings. The largest absolute Gasteiger partial charge is 0.384 e. The average Bonchev–Trinajstić information content (AvgIpc) is 2.20. The summed E-state index contributed by atoms with van der Waals surface area (Å²) in [5.41, 5.74) is 8.03. The number of hydrogen-bond acceptors (Lipinski definition) is 4. The molecule has 16 heavy (non-hydrogen) atoms. The van der Waals surface area contributed by atoms with Gasteiger partial charge < -0.3 is 10.6 Å². The molecule has 0 aliphatic carbocycles.